The van der Waals surface area contributed by atoms with Crippen LogP contribution in [0.15, 0.2) is 30.6 Å². The Morgan fingerprint density at radius 1 is 1.00 bits per heavy atom. The third-order valence-electron chi connectivity index (χ3n) is 1.90. The number of nitrogens with zero attached hydrogens (tertiary/aromatic N) is 2. The van der Waals surface area contributed by atoms with Crippen LogP contribution in [0.5, 0.6) is 0 Å². The van der Waals surface area contributed by atoms with Crippen molar-refractivity contribution in [3.63, 3.8) is 0 Å². The molecule has 0 unspecified atom stereocenters. The molecule has 0 saturated heterocycles. The normalized spacial score (nSPS) is 10.3. The Bertz CT molecular complexity index is 500. The third-order valence-corrected chi connectivity index (χ3v) is 2.60. The van der Waals surface area contributed by atoms with E-state index in [9.17, 15) is 0 Å². The molecule has 76 valence electrons. The van der Waals surface area contributed by atoms with Crippen LogP contribution in [0.3, 0.4) is 0 Å². The van der Waals surface area contributed by atoms with Gasteiger partial charge in [-0.2, -0.15) is 0 Å². The average molecular weight is 240 g/mol. The molecule has 0 aliphatic rings. The summed E-state index contributed by atoms with van der Waals surface area (Å²) in [5.41, 5.74) is 7.17. The highest BCUT2D eigenvalue weighted by Gasteiger charge is 2.11. The molecule has 2 N–H and O–H groups in total. The van der Waals surface area contributed by atoms with Crippen LogP contribution in [0.25, 0.3) is 11.4 Å². The second-order valence-corrected chi connectivity index (χ2v) is 3.68. The highest BCUT2D eigenvalue weighted by molar-refractivity contribution is 6.37. The Labute approximate surface area is 96.9 Å². The van der Waals surface area contributed by atoms with Crippen LogP contribution in [0, 0.1) is 0 Å². The molecule has 0 amide bonds. The Hall–Kier alpha value is -1.32. The standard InChI is InChI=1S/C10H7Cl2N3/c11-6-2-1-4-14-9(6)10-8(12)7(13)3-5-15-10/h1-5H,(H2,13,15). The molecule has 2 aromatic heterocycles. The van der Waals surface area contributed by atoms with E-state index >= 15 is 0 Å². The number of pyridine rings is 2. The predicted octanol–water partition coefficient (Wildman–Crippen LogP) is 3.03. The quantitative estimate of drug-likeness (QED) is 0.833. The van der Waals surface area contributed by atoms with Crippen molar-refractivity contribution in [2.45, 2.75) is 0 Å². The molecule has 0 bridgehead atoms. The van der Waals surface area contributed by atoms with Crippen molar-refractivity contribution < 1.29 is 0 Å². The van der Waals surface area contributed by atoms with E-state index in [-0.39, 0.29) is 0 Å². The first-order valence-corrected chi connectivity index (χ1v) is 4.96. The minimum absolute atomic E-state index is 0.373. The number of halogens is 2. The molecule has 0 aliphatic heterocycles. The summed E-state index contributed by atoms with van der Waals surface area (Å²) in [6, 6.07) is 5.10. The molecular weight excluding hydrogens is 233 g/mol. The number of aromatic nitrogens is 2. The van der Waals surface area contributed by atoms with Gasteiger partial charge in [-0.15, -0.1) is 0 Å². The van der Waals surface area contributed by atoms with E-state index in [0.29, 0.717) is 27.1 Å². The molecule has 2 aromatic rings. The van der Waals surface area contributed by atoms with Crippen LogP contribution >= 0.6 is 23.2 Å². The fraction of sp³-hybridized carbons (Fsp3) is 0. The van der Waals surface area contributed by atoms with Gasteiger partial charge in [-0.3, -0.25) is 9.97 Å². The largest absolute Gasteiger partial charge is 0.397 e. The molecule has 0 fully saturated rings. The first-order valence-electron chi connectivity index (χ1n) is 4.21. The summed E-state index contributed by atoms with van der Waals surface area (Å²) >= 11 is 12.0. The maximum absolute atomic E-state index is 6.01. The molecule has 0 aromatic carbocycles. The van der Waals surface area contributed by atoms with Crippen LogP contribution in [0.1, 0.15) is 0 Å². The number of anilines is 1. The van der Waals surface area contributed by atoms with Gasteiger partial charge in [-0.1, -0.05) is 23.2 Å². The van der Waals surface area contributed by atoms with Gasteiger partial charge in [0.05, 0.1) is 15.7 Å². The summed E-state index contributed by atoms with van der Waals surface area (Å²) < 4.78 is 0. The van der Waals surface area contributed by atoms with Crippen LogP contribution in [0.4, 0.5) is 5.69 Å². The summed E-state index contributed by atoms with van der Waals surface area (Å²) in [4.78, 5) is 8.23. The van der Waals surface area contributed by atoms with Crippen molar-refractivity contribution >= 4 is 28.9 Å². The second kappa shape index (κ2) is 4.04. The van der Waals surface area contributed by atoms with Crippen molar-refractivity contribution in [1.82, 2.24) is 9.97 Å². The van der Waals surface area contributed by atoms with E-state index in [0.717, 1.165) is 0 Å². The minimum Gasteiger partial charge on any atom is -0.397 e. The molecule has 0 spiro atoms. The minimum atomic E-state index is 0.373. The fourth-order valence-corrected chi connectivity index (χ4v) is 1.60. The summed E-state index contributed by atoms with van der Waals surface area (Å²) in [7, 11) is 0. The van der Waals surface area contributed by atoms with Crippen molar-refractivity contribution in [2.75, 3.05) is 5.73 Å². The molecule has 3 nitrogen and oxygen atoms in total. The SMILES string of the molecule is Nc1ccnc(-c2ncccc2Cl)c1Cl. The zero-order chi connectivity index (χ0) is 10.8. The highest BCUT2D eigenvalue weighted by atomic mass is 35.5. The van der Waals surface area contributed by atoms with E-state index in [2.05, 4.69) is 9.97 Å². The lowest BCUT2D eigenvalue weighted by molar-refractivity contribution is 1.25. The third kappa shape index (κ3) is 1.89. The van der Waals surface area contributed by atoms with Gasteiger partial charge in [0.1, 0.15) is 11.4 Å². The van der Waals surface area contributed by atoms with Crippen molar-refractivity contribution in [3.8, 4) is 11.4 Å². The van der Waals surface area contributed by atoms with E-state index in [1.165, 1.54) is 0 Å². The fourth-order valence-electron chi connectivity index (χ4n) is 1.18. The van der Waals surface area contributed by atoms with Crippen molar-refractivity contribution in [2.24, 2.45) is 0 Å². The van der Waals surface area contributed by atoms with E-state index < -0.39 is 0 Å². The summed E-state index contributed by atoms with van der Waals surface area (Å²) in [5, 5.41) is 0.871. The Balaban J connectivity index is 2.65. The van der Waals surface area contributed by atoms with E-state index in [1.54, 1.807) is 30.6 Å². The summed E-state index contributed by atoms with van der Waals surface area (Å²) in [6.07, 6.45) is 3.20. The lowest BCUT2D eigenvalue weighted by Gasteiger charge is -2.05. The van der Waals surface area contributed by atoms with E-state index in [4.69, 9.17) is 28.9 Å². The van der Waals surface area contributed by atoms with Crippen LogP contribution in [-0.2, 0) is 0 Å². The van der Waals surface area contributed by atoms with Gasteiger partial charge in [0, 0.05) is 12.4 Å². The Kier molecular flexibility index (Phi) is 2.75. The number of hydrogen-bond donors (Lipinski definition) is 1. The zero-order valence-corrected chi connectivity index (χ0v) is 9.13. The van der Waals surface area contributed by atoms with E-state index in [1.807, 2.05) is 0 Å². The number of hydrogen-bond acceptors (Lipinski definition) is 3. The molecule has 2 rings (SSSR count). The first-order chi connectivity index (χ1) is 7.20. The maximum atomic E-state index is 6.01. The van der Waals surface area contributed by atoms with Gasteiger partial charge in [0.2, 0.25) is 0 Å². The second-order valence-electron chi connectivity index (χ2n) is 2.90. The number of rotatable bonds is 1. The lowest BCUT2D eigenvalue weighted by atomic mass is 10.2. The van der Waals surface area contributed by atoms with Gasteiger partial charge in [-0.25, -0.2) is 0 Å². The smallest absolute Gasteiger partial charge is 0.111 e. The Morgan fingerprint density at radius 3 is 2.47 bits per heavy atom. The molecule has 0 atom stereocenters. The number of nitrogens with two attached hydrogens (primary N) is 1. The van der Waals surface area contributed by atoms with Gasteiger partial charge in [0.15, 0.2) is 0 Å². The highest BCUT2D eigenvalue weighted by Crippen LogP contribution is 2.32. The average Bonchev–Trinajstić information content (AvgIpc) is 2.23. The topological polar surface area (TPSA) is 51.8 Å². The lowest BCUT2D eigenvalue weighted by Crippen LogP contribution is -1.93. The molecule has 5 heteroatoms. The molecule has 0 aliphatic carbocycles. The van der Waals surface area contributed by atoms with Gasteiger partial charge < -0.3 is 5.73 Å². The zero-order valence-electron chi connectivity index (χ0n) is 7.61. The summed E-state index contributed by atoms with van der Waals surface area (Å²) in [5.74, 6) is 0. The van der Waals surface area contributed by atoms with Gasteiger partial charge >= 0.3 is 0 Å². The van der Waals surface area contributed by atoms with Gasteiger partial charge in [-0.05, 0) is 18.2 Å². The first kappa shape index (κ1) is 10.2. The van der Waals surface area contributed by atoms with Gasteiger partial charge in [0.25, 0.3) is 0 Å². The molecule has 15 heavy (non-hydrogen) atoms. The molecular formula is C10H7Cl2N3. The molecule has 0 radical (unpaired) electrons. The van der Waals surface area contributed by atoms with Crippen LogP contribution in [0.2, 0.25) is 10.0 Å². The van der Waals surface area contributed by atoms with Crippen LogP contribution < -0.4 is 5.73 Å². The monoisotopic (exact) mass is 239 g/mol. The Morgan fingerprint density at radius 2 is 1.73 bits per heavy atom. The molecule has 0 saturated carbocycles. The maximum Gasteiger partial charge on any atom is 0.111 e. The predicted molar refractivity (Wildman–Crippen MR) is 61.9 cm³/mol. The van der Waals surface area contributed by atoms with Crippen LogP contribution in [-0.4, -0.2) is 9.97 Å². The van der Waals surface area contributed by atoms with Crippen molar-refractivity contribution in [1.29, 1.82) is 0 Å². The van der Waals surface area contributed by atoms with Crippen molar-refractivity contribution in [3.05, 3.63) is 40.6 Å². The summed E-state index contributed by atoms with van der Waals surface area (Å²) in [6.45, 7) is 0. The number of nitrogen functional groups attached to an aromatic ring is 1. The molecule has 2 heterocycles.